The highest BCUT2D eigenvalue weighted by molar-refractivity contribution is 6.51. The summed E-state index contributed by atoms with van der Waals surface area (Å²) in [6, 6.07) is 17.5. The molecule has 2 heterocycles. The Hall–Kier alpha value is -4.46. The monoisotopic (exact) mass is 555 g/mol. The van der Waals surface area contributed by atoms with Crippen LogP contribution in [-0.4, -0.2) is 33.4 Å². The lowest BCUT2D eigenvalue weighted by Crippen LogP contribution is -2.30. The smallest absolute Gasteiger partial charge is 0.302 e. The van der Waals surface area contributed by atoms with Crippen molar-refractivity contribution in [3.8, 4) is 5.75 Å². The van der Waals surface area contributed by atoms with Crippen molar-refractivity contribution in [1.29, 1.82) is 0 Å². The number of anilines is 1. The van der Waals surface area contributed by atoms with Crippen LogP contribution in [-0.2, 0) is 15.0 Å². The van der Waals surface area contributed by atoms with Gasteiger partial charge in [-0.05, 0) is 65.4 Å². The number of aliphatic hydroxyl groups is 1. The van der Waals surface area contributed by atoms with E-state index in [0.29, 0.717) is 34.5 Å². The van der Waals surface area contributed by atoms with Crippen LogP contribution in [0.3, 0.4) is 0 Å². The SMILES string of the molecule is CCCCCOc1ccc(/C(O)=C2\C(=O)C(=O)N(c3nc4ccc(F)cc4[nH]3)C2c2ccc(C(C)(C)C)cc2)cc1. The minimum Gasteiger partial charge on any atom is -0.507 e. The van der Waals surface area contributed by atoms with Crippen molar-refractivity contribution in [3.05, 3.63) is 94.8 Å². The molecule has 212 valence electrons. The standard InChI is InChI=1S/C33H34FN3O4/c1-5-6-7-18-41-24-15-10-21(11-16-24)29(38)27-28(20-8-12-22(13-9-20)33(2,3)4)37(31(40)30(27)39)32-35-25-17-14-23(34)19-26(25)36-32/h8-17,19,28,38H,5-7,18H2,1-4H3,(H,35,36)/b29-27+. The zero-order valence-corrected chi connectivity index (χ0v) is 23.7. The Bertz CT molecular complexity index is 1620. The van der Waals surface area contributed by atoms with E-state index in [1.165, 1.54) is 23.1 Å². The van der Waals surface area contributed by atoms with Crippen molar-refractivity contribution < 1.29 is 23.8 Å². The second-order valence-corrected chi connectivity index (χ2v) is 11.3. The molecular weight excluding hydrogens is 521 g/mol. The number of halogens is 1. The van der Waals surface area contributed by atoms with E-state index in [0.717, 1.165) is 24.8 Å². The summed E-state index contributed by atoms with van der Waals surface area (Å²) in [5.41, 5.74) is 2.75. The van der Waals surface area contributed by atoms with Crippen molar-refractivity contribution in [2.45, 2.75) is 58.4 Å². The van der Waals surface area contributed by atoms with Crippen molar-refractivity contribution in [1.82, 2.24) is 9.97 Å². The zero-order chi connectivity index (χ0) is 29.3. The number of ketones is 1. The topological polar surface area (TPSA) is 95.5 Å². The highest BCUT2D eigenvalue weighted by atomic mass is 19.1. The highest BCUT2D eigenvalue weighted by Gasteiger charge is 2.48. The van der Waals surface area contributed by atoms with E-state index in [1.807, 2.05) is 24.3 Å². The molecule has 1 aromatic heterocycles. The van der Waals surface area contributed by atoms with Gasteiger partial charge in [0.2, 0.25) is 5.95 Å². The van der Waals surface area contributed by atoms with Gasteiger partial charge in [-0.3, -0.25) is 14.5 Å². The Kier molecular flexibility index (Phi) is 7.67. The van der Waals surface area contributed by atoms with Gasteiger partial charge in [-0.15, -0.1) is 0 Å². The minimum atomic E-state index is -0.959. The van der Waals surface area contributed by atoms with E-state index in [1.54, 1.807) is 24.3 Å². The largest absolute Gasteiger partial charge is 0.507 e. The molecule has 0 bridgehead atoms. The second kappa shape index (κ2) is 11.2. The zero-order valence-electron chi connectivity index (χ0n) is 23.7. The summed E-state index contributed by atoms with van der Waals surface area (Å²) in [6.07, 6.45) is 3.12. The number of amides is 1. The molecule has 5 rings (SSSR count). The lowest BCUT2D eigenvalue weighted by atomic mass is 9.85. The number of hydrogen-bond donors (Lipinski definition) is 2. The molecule has 1 amide bonds. The Morgan fingerprint density at radius 2 is 1.73 bits per heavy atom. The van der Waals surface area contributed by atoms with Gasteiger partial charge in [0.15, 0.2) is 0 Å². The first-order chi connectivity index (χ1) is 19.6. The molecule has 2 N–H and O–H groups in total. The third kappa shape index (κ3) is 5.59. The van der Waals surface area contributed by atoms with Gasteiger partial charge in [-0.2, -0.15) is 0 Å². The summed E-state index contributed by atoms with van der Waals surface area (Å²) in [7, 11) is 0. The first-order valence-corrected chi connectivity index (χ1v) is 13.9. The number of aromatic nitrogens is 2. The molecule has 1 unspecified atom stereocenters. The summed E-state index contributed by atoms with van der Waals surface area (Å²) in [4.78, 5) is 35.7. The third-order valence-corrected chi connectivity index (χ3v) is 7.34. The number of carbonyl (C=O) groups is 2. The Morgan fingerprint density at radius 1 is 1.02 bits per heavy atom. The van der Waals surface area contributed by atoms with Crippen molar-refractivity contribution >= 4 is 34.4 Å². The Labute approximate surface area is 238 Å². The molecule has 7 nitrogen and oxygen atoms in total. The van der Waals surface area contributed by atoms with E-state index in [9.17, 15) is 19.1 Å². The van der Waals surface area contributed by atoms with Crippen LogP contribution in [0.5, 0.6) is 5.75 Å². The lowest BCUT2D eigenvalue weighted by Gasteiger charge is -2.25. The van der Waals surface area contributed by atoms with E-state index in [-0.39, 0.29) is 22.7 Å². The number of imidazole rings is 1. The number of fused-ring (bicyclic) bond motifs is 1. The predicted molar refractivity (Wildman–Crippen MR) is 157 cm³/mol. The molecule has 0 saturated carbocycles. The van der Waals surface area contributed by atoms with Crippen LogP contribution in [0.2, 0.25) is 0 Å². The van der Waals surface area contributed by atoms with Gasteiger partial charge >= 0.3 is 5.91 Å². The molecule has 0 spiro atoms. The Balaban J connectivity index is 1.59. The van der Waals surface area contributed by atoms with Crippen LogP contribution in [0.4, 0.5) is 10.3 Å². The molecular formula is C33H34FN3O4. The first kappa shape index (κ1) is 28.1. The first-order valence-electron chi connectivity index (χ1n) is 13.9. The minimum absolute atomic E-state index is 0.0539. The van der Waals surface area contributed by atoms with Crippen molar-refractivity contribution in [3.63, 3.8) is 0 Å². The van der Waals surface area contributed by atoms with Crippen LogP contribution in [0.1, 0.15) is 69.7 Å². The fraction of sp³-hybridized carbons (Fsp3) is 0.303. The van der Waals surface area contributed by atoms with Crippen LogP contribution in [0, 0.1) is 5.82 Å². The average Bonchev–Trinajstić information content (AvgIpc) is 3.48. The number of aliphatic hydroxyl groups excluding tert-OH is 1. The number of hydrogen-bond acceptors (Lipinski definition) is 5. The van der Waals surface area contributed by atoms with Gasteiger partial charge in [0.25, 0.3) is 5.78 Å². The van der Waals surface area contributed by atoms with Gasteiger partial charge in [-0.25, -0.2) is 9.37 Å². The summed E-state index contributed by atoms with van der Waals surface area (Å²) < 4.78 is 19.7. The quantitative estimate of drug-likeness (QED) is 0.104. The normalized spacial score (nSPS) is 17.0. The van der Waals surface area contributed by atoms with Crippen LogP contribution >= 0.6 is 0 Å². The maximum atomic E-state index is 13.9. The van der Waals surface area contributed by atoms with Gasteiger partial charge in [0, 0.05) is 5.56 Å². The number of H-pyrrole nitrogens is 1. The number of rotatable bonds is 8. The molecule has 1 aliphatic heterocycles. The number of Topliss-reactive ketones (excluding diaryl/α,β-unsaturated/α-hetero) is 1. The number of carbonyl (C=O) groups excluding carboxylic acids is 2. The summed E-state index contributed by atoms with van der Waals surface area (Å²) >= 11 is 0. The lowest BCUT2D eigenvalue weighted by molar-refractivity contribution is -0.132. The maximum Gasteiger partial charge on any atom is 0.302 e. The van der Waals surface area contributed by atoms with Gasteiger partial charge < -0.3 is 14.8 Å². The van der Waals surface area contributed by atoms with Gasteiger partial charge in [-0.1, -0.05) is 64.8 Å². The number of ether oxygens (including phenoxy) is 1. The number of nitrogens with one attached hydrogen (secondary N) is 1. The molecule has 1 saturated heterocycles. The number of benzene rings is 3. The molecule has 41 heavy (non-hydrogen) atoms. The fourth-order valence-electron chi connectivity index (χ4n) is 5.02. The number of aromatic amines is 1. The molecule has 1 atom stereocenters. The predicted octanol–water partition coefficient (Wildman–Crippen LogP) is 7.19. The average molecular weight is 556 g/mol. The van der Waals surface area contributed by atoms with Crippen LogP contribution in [0.15, 0.2) is 72.3 Å². The summed E-state index contributed by atoms with van der Waals surface area (Å²) in [6.45, 7) is 9.01. The van der Waals surface area contributed by atoms with E-state index in [4.69, 9.17) is 4.74 Å². The molecule has 1 aliphatic rings. The molecule has 0 radical (unpaired) electrons. The summed E-state index contributed by atoms with van der Waals surface area (Å²) in [5, 5.41) is 11.5. The Morgan fingerprint density at radius 3 is 2.39 bits per heavy atom. The molecule has 8 heteroatoms. The van der Waals surface area contributed by atoms with Crippen LogP contribution in [0.25, 0.3) is 16.8 Å². The van der Waals surface area contributed by atoms with Gasteiger partial charge in [0.05, 0.1) is 29.3 Å². The highest BCUT2D eigenvalue weighted by Crippen LogP contribution is 2.42. The molecule has 3 aromatic carbocycles. The van der Waals surface area contributed by atoms with E-state index < -0.39 is 23.5 Å². The van der Waals surface area contributed by atoms with Gasteiger partial charge in [0.1, 0.15) is 17.3 Å². The van der Waals surface area contributed by atoms with Crippen molar-refractivity contribution in [2.75, 3.05) is 11.5 Å². The summed E-state index contributed by atoms with van der Waals surface area (Å²) in [5.74, 6) is -1.68. The van der Waals surface area contributed by atoms with Crippen LogP contribution < -0.4 is 9.64 Å². The van der Waals surface area contributed by atoms with Crippen molar-refractivity contribution in [2.24, 2.45) is 0 Å². The molecule has 0 aliphatic carbocycles. The van der Waals surface area contributed by atoms with E-state index in [2.05, 4.69) is 37.7 Å². The second-order valence-electron chi connectivity index (χ2n) is 11.3. The third-order valence-electron chi connectivity index (χ3n) is 7.34. The molecule has 4 aromatic rings. The molecule has 1 fully saturated rings. The maximum absolute atomic E-state index is 13.9. The fourth-order valence-corrected chi connectivity index (χ4v) is 5.02. The van der Waals surface area contributed by atoms with E-state index >= 15 is 0 Å². The number of unbranched alkanes of at least 4 members (excludes halogenated alkanes) is 2. The number of nitrogens with zero attached hydrogens (tertiary/aromatic N) is 2.